The first-order valence-corrected chi connectivity index (χ1v) is 8.07. The van der Waals surface area contributed by atoms with Crippen molar-refractivity contribution in [3.63, 3.8) is 0 Å². The summed E-state index contributed by atoms with van der Waals surface area (Å²) in [5, 5.41) is 4.16. The second-order valence-electron chi connectivity index (χ2n) is 5.36. The van der Waals surface area contributed by atoms with Crippen molar-refractivity contribution in [3.8, 4) is 0 Å². The molecule has 0 atom stereocenters. The van der Waals surface area contributed by atoms with Crippen LogP contribution >= 0.6 is 0 Å². The normalized spacial score (nSPS) is 24.6. The standard InChI is InChI=1S/C12H22N4O2S/c1-8-12(9(2)16(3)14-8)19(17,18)15-11-6-4-10(13)5-7-11/h10-11,15H,4-7,13H2,1-3H3. The van der Waals surface area contributed by atoms with Gasteiger partial charge in [-0.1, -0.05) is 0 Å². The molecule has 2 rings (SSSR count). The van der Waals surface area contributed by atoms with E-state index in [1.165, 1.54) is 0 Å². The molecule has 1 aliphatic rings. The predicted octanol–water partition coefficient (Wildman–Crippen LogP) is 0.585. The van der Waals surface area contributed by atoms with Crippen molar-refractivity contribution in [2.24, 2.45) is 12.8 Å². The minimum absolute atomic E-state index is 0.0104. The smallest absolute Gasteiger partial charge is 0.244 e. The number of nitrogens with zero attached hydrogens (tertiary/aromatic N) is 2. The lowest BCUT2D eigenvalue weighted by Crippen LogP contribution is -2.40. The third-order valence-electron chi connectivity index (χ3n) is 3.81. The number of nitrogens with two attached hydrogens (primary N) is 1. The van der Waals surface area contributed by atoms with Crippen molar-refractivity contribution in [1.82, 2.24) is 14.5 Å². The average molecular weight is 286 g/mol. The van der Waals surface area contributed by atoms with E-state index in [0.29, 0.717) is 16.3 Å². The molecule has 108 valence electrons. The second-order valence-corrected chi connectivity index (χ2v) is 7.01. The third kappa shape index (κ3) is 2.98. The molecule has 1 aromatic rings. The topological polar surface area (TPSA) is 90.0 Å². The Morgan fingerprint density at radius 2 is 1.84 bits per heavy atom. The Morgan fingerprint density at radius 1 is 1.26 bits per heavy atom. The van der Waals surface area contributed by atoms with E-state index in [2.05, 4.69) is 9.82 Å². The molecule has 1 fully saturated rings. The molecule has 1 heterocycles. The fourth-order valence-corrected chi connectivity index (χ4v) is 4.40. The van der Waals surface area contributed by atoms with E-state index in [1.54, 1.807) is 25.6 Å². The molecular formula is C12H22N4O2S. The first kappa shape index (κ1) is 14.5. The van der Waals surface area contributed by atoms with Gasteiger partial charge in [-0.3, -0.25) is 4.68 Å². The summed E-state index contributed by atoms with van der Waals surface area (Å²) in [6.45, 7) is 3.49. The number of aromatic nitrogens is 2. The van der Waals surface area contributed by atoms with Gasteiger partial charge in [-0.05, 0) is 39.5 Å². The zero-order valence-electron chi connectivity index (χ0n) is 11.7. The second kappa shape index (κ2) is 5.22. The largest absolute Gasteiger partial charge is 0.328 e. The summed E-state index contributed by atoms with van der Waals surface area (Å²) < 4.78 is 29.3. The summed E-state index contributed by atoms with van der Waals surface area (Å²) in [6, 6.07) is 0.200. The maximum absolute atomic E-state index is 12.4. The van der Waals surface area contributed by atoms with Crippen LogP contribution in [0.1, 0.15) is 37.1 Å². The zero-order valence-corrected chi connectivity index (χ0v) is 12.5. The minimum Gasteiger partial charge on any atom is -0.328 e. The van der Waals surface area contributed by atoms with Crippen LogP contribution in [0, 0.1) is 13.8 Å². The van der Waals surface area contributed by atoms with Crippen LogP contribution in [0.3, 0.4) is 0 Å². The molecule has 0 spiro atoms. The van der Waals surface area contributed by atoms with E-state index >= 15 is 0 Å². The first-order valence-electron chi connectivity index (χ1n) is 6.59. The summed E-state index contributed by atoms with van der Waals surface area (Å²) in [7, 11) is -1.74. The van der Waals surface area contributed by atoms with Crippen LogP contribution in [-0.4, -0.2) is 30.3 Å². The van der Waals surface area contributed by atoms with E-state index in [4.69, 9.17) is 5.73 Å². The lowest BCUT2D eigenvalue weighted by atomic mass is 9.93. The molecule has 0 amide bonds. The number of rotatable bonds is 3. The highest BCUT2D eigenvalue weighted by molar-refractivity contribution is 7.89. The molecule has 3 N–H and O–H groups in total. The number of aryl methyl sites for hydroxylation is 2. The molecular weight excluding hydrogens is 264 g/mol. The van der Waals surface area contributed by atoms with Gasteiger partial charge in [0.15, 0.2) is 0 Å². The monoisotopic (exact) mass is 286 g/mol. The molecule has 1 aliphatic carbocycles. The number of hydrogen-bond acceptors (Lipinski definition) is 4. The maximum Gasteiger partial charge on any atom is 0.244 e. The van der Waals surface area contributed by atoms with Crippen molar-refractivity contribution in [2.75, 3.05) is 0 Å². The van der Waals surface area contributed by atoms with E-state index in [9.17, 15) is 8.42 Å². The average Bonchev–Trinajstić information content (AvgIpc) is 2.56. The maximum atomic E-state index is 12.4. The number of nitrogens with one attached hydrogen (secondary N) is 1. The quantitative estimate of drug-likeness (QED) is 0.850. The Morgan fingerprint density at radius 3 is 2.32 bits per heavy atom. The van der Waals surface area contributed by atoms with E-state index in [1.807, 2.05) is 0 Å². The molecule has 0 aromatic carbocycles. The van der Waals surface area contributed by atoms with Crippen LogP contribution in [0.25, 0.3) is 0 Å². The van der Waals surface area contributed by atoms with E-state index in [0.717, 1.165) is 25.7 Å². The summed E-state index contributed by atoms with van der Waals surface area (Å²) in [4.78, 5) is 0.310. The molecule has 7 heteroatoms. The van der Waals surface area contributed by atoms with Gasteiger partial charge in [-0.25, -0.2) is 13.1 Å². The summed E-state index contributed by atoms with van der Waals surface area (Å²) >= 11 is 0. The Kier molecular flexibility index (Phi) is 3.98. The molecule has 1 aromatic heterocycles. The Hall–Kier alpha value is -0.920. The molecule has 0 unspecified atom stereocenters. The van der Waals surface area contributed by atoms with Crippen LogP contribution in [0.5, 0.6) is 0 Å². The van der Waals surface area contributed by atoms with Crippen LogP contribution < -0.4 is 10.5 Å². The molecule has 6 nitrogen and oxygen atoms in total. The van der Waals surface area contributed by atoms with Gasteiger partial charge in [-0.15, -0.1) is 0 Å². The third-order valence-corrected chi connectivity index (χ3v) is 5.58. The van der Waals surface area contributed by atoms with Crippen LogP contribution in [0.15, 0.2) is 4.90 Å². The Balaban J connectivity index is 2.19. The Bertz CT molecular complexity index is 557. The molecule has 0 radical (unpaired) electrons. The first-order chi connectivity index (χ1) is 8.81. The molecule has 0 saturated heterocycles. The van der Waals surface area contributed by atoms with Crippen molar-refractivity contribution >= 4 is 10.0 Å². The highest BCUT2D eigenvalue weighted by Gasteiger charge is 2.28. The molecule has 0 bridgehead atoms. The van der Waals surface area contributed by atoms with Gasteiger partial charge < -0.3 is 5.73 Å². The van der Waals surface area contributed by atoms with E-state index in [-0.39, 0.29) is 12.1 Å². The van der Waals surface area contributed by atoms with Crippen LogP contribution in [-0.2, 0) is 17.1 Å². The summed E-state index contributed by atoms with van der Waals surface area (Å²) in [5.41, 5.74) is 7.04. The highest BCUT2D eigenvalue weighted by Crippen LogP contribution is 2.22. The summed E-state index contributed by atoms with van der Waals surface area (Å²) in [6.07, 6.45) is 3.36. The van der Waals surface area contributed by atoms with Crippen molar-refractivity contribution in [3.05, 3.63) is 11.4 Å². The van der Waals surface area contributed by atoms with Gasteiger partial charge in [0, 0.05) is 19.1 Å². The van der Waals surface area contributed by atoms with Gasteiger partial charge in [-0.2, -0.15) is 5.10 Å². The molecule has 0 aliphatic heterocycles. The van der Waals surface area contributed by atoms with Crippen molar-refractivity contribution in [1.29, 1.82) is 0 Å². The minimum atomic E-state index is -3.49. The SMILES string of the molecule is Cc1nn(C)c(C)c1S(=O)(=O)NC1CCC(N)CC1. The summed E-state index contributed by atoms with van der Waals surface area (Å²) in [5.74, 6) is 0. The van der Waals surface area contributed by atoms with Gasteiger partial charge in [0.25, 0.3) is 0 Å². The predicted molar refractivity (Wildman–Crippen MR) is 73.2 cm³/mol. The number of sulfonamides is 1. The van der Waals surface area contributed by atoms with Gasteiger partial charge in [0.2, 0.25) is 10.0 Å². The molecule has 19 heavy (non-hydrogen) atoms. The fourth-order valence-electron chi connectivity index (χ4n) is 2.66. The zero-order chi connectivity index (χ0) is 14.2. The van der Waals surface area contributed by atoms with Crippen LogP contribution in [0.2, 0.25) is 0 Å². The highest BCUT2D eigenvalue weighted by atomic mass is 32.2. The van der Waals surface area contributed by atoms with Gasteiger partial charge in [0.05, 0.1) is 11.4 Å². The fraction of sp³-hybridized carbons (Fsp3) is 0.750. The van der Waals surface area contributed by atoms with Gasteiger partial charge >= 0.3 is 0 Å². The lowest BCUT2D eigenvalue weighted by molar-refractivity contribution is 0.373. The Labute approximate surface area is 114 Å². The van der Waals surface area contributed by atoms with Crippen molar-refractivity contribution in [2.45, 2.75) is 56.5 Å². The molecule has 1 saturated carbocycles. The van der Waals surface area contributed by atoms with Crippen molar-refractivity contribution < 1.29 is 8.42 Å². The van der Waals surface area contributed by atoms with E-state index < -0.39 is 10.0 Å². The van der Waals surface area contributed by atoms with Gasteiger partial charge in [0.1, 0.15) is 4.90 Å². The van der Waals surface area contributed by atoms with Crippen LogP contribution in [0.4, 0.5) is 0 Å². The number of hydrogen-bond donors (Lipinski definition) is 2. The lowest BCUT2D eigenvalue weighted by Gasteiger charge is -2.26.